The van der Waals surface area contributed by atoms with Crippen LogP contribution in [0, 0.1) is 20.8 Å². The molecule has 0 spiro atoms. The number of allylic oxidation sites excluding steroid dienone is 1. The minimum Gasteiger partial charge on any atom is -0.0871 e. The molecule has 0 N–H and O–H groups in total. The molecule has 0 aliphatic heterocycles. The zero-order valence-corrected chi connectivity index (χ0v) is 8.31. The third kappa shape index (κ3) is 1.58. The molecule has 0 fully saturated rings. The Morgan fingerprint density at radius 2 is 1.67 bits per heavy atom. The van der Waals surface area contributed by atoms with E-state index in [4.69, 9.17) is 0 Å². The van der Waals surface area contributed by atoms with Crippen LogP contribution in [0.3, 0.4) is 0 Å². The van der Waals surface area contributed by atoms with Crippen LogP contribution in [-0.4, -0.2) is 0 Å². The van der Waals surface area contributed by atoms with Crippen molar-refractivity contribution >= 4 is 6.08 Å². The van der Waals surface area contributed by atoms with Gasteiger partial charge in [-0.25, -0.2) is 0 Å². The lowest BCUT2D eigenvalue weighted by Crippen LogP contribution is -1.89. The topological polar surface area (TPSA) is 0 Å². The van der Waals surface area contributed by atoms with E-state index in [1.165, 1.54) is 22.3 Å². The van der Waals surface area contributed by atoms with E-state index in [-0.39, 0.29) is 0 Å². The van der Waals surface area contributed by atoms with Gasteiger partial charge in [-0.2, -0.15) is 0 Å². The molecule has 0 amide bonds. The molecule has 64 valence electrons. The minimum atomic E-state index is 1.33. The average Bonchev–Trinajstić information content (AvgIpc) is 2.07. The Morgan fingerprint density at radius 3 is 2.25 bits per heavy atom. The number of hydrogen-bond acceptors (Lipinski definition) is 0. The van der Waals surface area contributed by atoms with Crippen molar-refractivity contribution in [2.24, 2.45) is 0 Å². The standard InChI is InChI=1S/C12H16/c1-5-6-12-8-7-9(2)10(3)11(12)4/h5-8H,1-4H3. The van der Waals surface area contributed by atoms with Crippen molar-refractivity contribution in [1.29, 1.82) is 0 Å². The van der Waals surface area contributed by atoms with Gasteiger partial charge in [0.25, 0.3) is 0 Å². The molecule has 0 radical (unpaired) electrons. The predicted molar refractivity (Wildman–Crippen MR) is 55.4 cm³/mol. The predicted octanol–water partition coefficient (Wildman–Crippen LogP) is 3.64. The maximum Gasteiger partial charge on any atom is -0.0228 e. The van der Waals surface area contributed by atoms with Crippen LogP contribution in [0.2, 0.25) is 0 Å². The molecule has 0 aromatic heterocycles. The molecule has 0 unspecified atom stereocenters. The Morgan fingerprint density at radius 1 is 1.00 bits per heavy atom. The molecule has 0 aliphatic rings. The van der Waals surface area contributed by atoms with Crippen molar-refractivity contribution < 1.29 is 0 Å². The molecule has 0 saturated carbocycles. The van der Waals surface area contributed by atoms with E-state index in [2.05, 4.69) is 52.0 Å². The highest BCUT2D eigenvalue weighted by molar-refractivity contribution is 5.56. The van der Waals surface area contributed by atoms with Crippen molar-refractivity contribution in [2.75, 3.05) is 0 Å². The van der Waals surface area contributed by atoms with Crippen LogP contribution in [-0.2, 0) is 0 Å². The van der Waals surface area contributed by atoms with Gasteiger partial charge in [-0.3, -0.25) is 0 Å². The highest BCUT2D eigenvalue weighted by atomic mass is 14.0. The van der Waals surface area contributed by atoms with Crippen LogP contribution in [0.1, 0.15) is 29.2 Å². The molecule has 1 aromatic carbocycles. The van der Waals surface area contributed by atoms with Gasteiger partial charge in [0.1, 0.15) is 0 Å². The van der Waals surface area contributed by atoms with Crippen LogP contribution < -0.4 is 0 Å². The fraction of sp³-hybridized carbons (Fsp3) is 0.333. The van der Waals surface area contributed by atoms with Crippen molar-refractivity contribution in [1.82, 2.24) is 0 Å². The Labute approximate surface area is 74.9 Å². The molecule has 1 aromatic rings. The van der Waals surface area contributed by atoms with Crippen molar-refractivity contribution in [3.8, 4) is 0 Å². The highest BCUT2D eigenvalue weighted by Gasteiger charge is 1.99. The highest BCUT2D eigenvalue weighted by Crippen LogP contribution is 2.17. The van der Waals surface area contributed by atoms with Gasteiger partial charge in [-0.15, -0.1) is 0 Å². The van der Waals surface area contributed by atoms with Crippen molar-refractivity contribution in [2.45, 2.75) is 27.7 Å². The first-order valence-electron chi connectivity index (χ1n) is 4.36. The van der Waals surface area contributed by atoms with Gasteiger partial charge in [-0.1, -0.05) is 24.3 Å². The first kappa shape index (κ1) is 9.05. The molecule has 12 heavy (non-hydrogen) atoms. The molecule has 0 heterocycles. The van der Waals surface area contributed by atoms with E-state index in [0.29, 0.717) is 0 Å². The molecule has 0 atom stereocenters. The Bertz CT molecular complexity index is 306. The van der Waals surface area contributed by atoms with Gasteiger partial charge in [0.05, 0.1) is 0 Å². The third-order valence-electron chi connectivity index (χ3n) is 2.45. The van der Waals surface area contributed by atoms with Crippen molar-refractivity contribution in [3.63, 3.8) is 0 Å². The van der Waals surface area contributed by atoms with E-state index >= 15 is 0 Å². The summed E-state index contributed by atoms with van der Waals surface area (Å²) in [7, 11) is 0. The fourth-order valence-corrected chi connectivity index (χ4v) is 1.34. The maximum absolute atomic E-state index is 2.18. The van der Waals surface area contributed by atoms with E-state index < -0.39 is 0 Å². The molecular weight excluding hydrogens is 144 g/mol. The number of hydrogen-bond donors (Lipinski definition) is 0. The number of benzene rings is 1. The second kappa shape index (κ2) is 3.57. The molecule has 0 nitrogen and oxygen atoms in total. The minimum absolute atomic E-state index is 1.33. The number of rotatable bonds is 1. The second-order valence-corrected chi connectivity index (χ2v) is 3.22. The normalized spacial score (nSPS) is 11.0. The lowest BCUT2D eigenvalue weighted by atomic mass is 9.99. The summed E-state index contributed by atoms with van der Waals surface area (Å²) in [4.78, 5) is 0. The molecular formula is C12H16. The smallest absolute Gasteiger partial charge is 0.0228 e. The monoisotopic (exact) mass is 160 g/mol. The quantitative estimate of drug-likeness (QED) is 0.588. The van der Waals surface area contributed by atoms with Gasteiger partial charge in [0, 0.05) is 0 Å². The van der Waals surface area contributed by atoms with Gasteiger partial charge in [0.15, 0.2) is 0 Å². The summed E-state index contributed by atoms with van der Waals surface area (Å²) in [5, 5.41) is 0. The van der Waals surface area contributed by atoms with Gasteiger partial charge in [-0.05, 0) is 49.9 Å². The number of aryl methyl sites for hydroxylation is 1. The first-order valence-corrected chi connectivity index (χ1v) is 4.36. The van der Waals surface area contributed by atoms with Gasteiger partial charge >= 0.3 is 0 Å². The van der Waals surface area contributed by atoms with Crippen molar-refractivity contribution in [3.05, 3.63) is 40.5 Å². The largest absolute Gasteiger partial charge is 0.0871 e. The summed E-state index contributed by atoms with van der Waals surface area (Å²) in [6.07, 6.45) is 4.23. The second-order valence-electron chi connectivity index (χ2n) is 3.22. The summed E-state index contributed by atoms with van der Waals surface area (Å²) in [5.74, 6) is 0. The average molecular weight is 160 g/mol. The Hall–Kier alpha value is -1.04. The SMILES string of the molecule is CC=Cc1ccc(C)c(C)c1C. The molecule has 0 heteroatoms. The fourth-order valence-electron chi connectivity index (χ4n) is 1.34. The van der Waals surface area contributed by atoms with Crippen LogP contribution in [0.4, 0.5) is 0 Å². The molecule has 1 rings (SSSR count). The zero-order valence-electron chi connectivity index (χ0n) is 8.31. The Balaban J connectivity index is 3.26. The summed E-state index contributed by atoms with van der Waals surface area (Å²) in [6.45, 7) is 8.56. The maximum atomic E-state index is 2.18. The third-order valence-corrected chi connectivity index (χ3v) is 2.45. The summed E-state index contributed by atoms with van der Waals surface area (Å²) < 4.78 is 0. The molecule has 0 saturated heterocycles. The zero-order chi connectivity index (χ0) is 9.14. The molecule has 0 aliphatic carbocycles. The summed E-state index contributed by atoms with van der Waals surface area (Å²) in [5.41, 5.74) is 5.51. The molecule has 0 bridgehead atoms. The Kier molecular flexibility index (Phi) is 2.69. The first-order chi connectivity index (χ1) is 5.66. The van der Waals surface area contributed by atoms with E-state index in [1.807, 2.05) is 0 Å². The summed E-state index contributed by atoms with van der Waals surface area (Å²) in [6, 6.07) is 4.36. The van der Waals surface area contributed by atoms with E-state index in [1.54, 1.807) is 0 Å². The summed E-state index contributed by atoms with van der Waals surface area (Å²) >= 11 is 0. The lowest BCUT2D eigenvalue weighted by Gasteiger charge is -2.07. The van der Waals surface area contributed by atoms with Crippen LogP contribution in [0.25, 0.3) is 6.08 Å². The van der Waals surface area contributed by atoms with E-state index in [0.717, 1.165) is 0 Å². The van der Waals surface area contributed by atoms with Crippen LogP contribution in [0.5, 0.6) is 0 Å². The van der Waals surface area contributed by atoms with Gasteiger partial charge in [0.2, 0.25) is 0 Å². The van der Waals surface area contributed by atoms with Crippen LogP contribution >= 0.6 is 0 Å². The lowest BCUT2D eigenvalue weighted by molar-refractivity contribution is 1.26. The van der Waals surface area contributed by atoms with Gasteiger partial charge < -0.3 is 0 Å². The van der Waals surface area contributed by atoms with E-state index in [9.17, 15) is 0 Å². The van der Waals surface area contributed by atoms with Crippen LogP contribution in [0.15, 0.2) is 18.2 Å².